The molecule has 0 amide bonds. The van der Waals surface area contributed by atoms with Crippen LogP contribution in [0.2, 0.25) is 0 Å². The van der Waals surface area contributed by atoms with Gasteiger partial charge in [0.2, 0.25) is 0 Å². The molecule has 3 N–H and O–H groups in total. The van der Waals surface area contributed by atoms with Crippen LogP contribution in [-0.4, -0.2) is 15.2 Å². The number of benzene rings is 2. The molecule has 1 aromatic heterocycles. The molecule has 1 heterocycles. The van der Waals surface area contributed by atoms with Crippen molar-refractivity contribution in [2.45, 2.75) is 20.5 Å². The number of anilines is 1. The number of rotatable bonds is 5. The number of aliphatic hydroxyl groups is 2. The van der Waals surface area contributed by atoms with Gasteiger partial charge in [-0.2, -0.15) is 4.57 Å². The summed E-state index contributed by atoms with van der Waals surface area (Å²) in [6.07, 6.45) is 3.54. The Labute approximate surface area is 184 Å². The second-order valence-corrected chi connectivity index (χ2v) is 8.08. The first-order valence-corrected chi connectivity index (χ1v) is 10.3. The SMILES string of the molecule is Cc1ccc(NC(=S)/C(=C(\O)c2ccc(Br)cc2)[n+]2cccc(CO)c2)c(C)c1. The molecule has 0 spiro atoms. The van der Waals surface area contributed by atoms with E-state index in [2.05, 4.69) is 27.3 Å². The van der Waals surface area contributed by atoms with Crippen LogP contribution in [0.1, 0.15) is 22.3 Å². The Bertz CT molecular complexity index is 1080. The van der Waals surface area contributed by atoms with Crippen LogP contribution in [0.5, 0.6) is 0 Å². The molecule has 0 aliphatic heterocycles. The Balaban J connectivity index is 2.10. The van der Waals surface area contributed by atoms with Gasteiger partial charge in [0.25, 0.3) is 5.70 Å². The van der Waals surface area contributed by atoms with E-state index in [1.165, 1.54) is 0 Å². The van der Waals surface area contributed by atoms with Gasteiger partial charge in [-0.1, -0.05) is 45.8 Å². The minimum absolute atomic E-state index is 0.0415. The lowest BCUT2D eigenvalue weighted by molar-refractivity contribution is -0.576. The van der Waals surface area contributed by atoms with E-state index in [1.807, 2.05) is 56.3 Å². The van der Waals surface area contributed by atoms with E-state index in [1.54, 1.807) is 23.0 Å². The number of aromatic nitrogens is 1. The maximum Gasteiger partial charge on any atom is 0.288 e. The summed E-state index contributed by atoms with van der Waals surface area (Å²) in [5.41, 5.74) is 4.87. The van der Waals surface area contributed by atoms with Crippen LogP contribution < -0.4 is 9.88 Å². The quantitative estimate of drug-likeness (QED) is 0.209. The van der Waals surface area contributed by atoms with Crippen LogP contribution in [0.3, 0.4) is 0 Å². The number of hydrogen-bond donors (Lipinski definition) is 3. The molecule has 29 heavy (non-hydrogen) atoms. The summed E-state index contributed by atoms with van der Waals surface area (Å²) < 4.78 is 2.64. The van der Waals surface area contributed by atoms with Gasteiger partial charge in [0.1, 0.15) is 0 Å². The second-order valence-electron chi connectivity index (χ2n) is 6.75. The first-order chi connectivity index (χ1) is 13.9. The van der Waals surface area contributed by atoms with Crippen molar-refractivity contribution in [1.29, 1.82) is 0 Å². The molecule has 0 fully saturated rings. The highest BCUT2D eigenvalue weighted by atomic mass is 79.9. The second kappa shape index (κ2) is 9.31. The van der Waals surface area contributed by atoms with Crippen molar-refractivity contribution in [1.82, 2.24) is 0 Å². The molecule has 0 unspecified atom stereocenters. The third-order valence-corrected chi connectivity index (χ3v) is 5.31. The third kappa shape index (κ3) is 5.09. The third-order valence-electron chi connectivity index (χ3n) is 4.49. The first-order valence-electron chi connectivity index (χ1n) is 9.08. The van der Waals surface area contributed by atoms with Crippen molar-refractivity contribution >= 4 is 50.3 Å². The average Bonchev–Trinajstić information content (AvgIpc) is 2.71. The topological polar surface area (TPSA) is 56.4 Å². The number of pyridine rings is 1. The van der Waals surface area contributed by atoms with Crippen LogP contribution in [0.25, 0.3) is 11.5 Å². The highest BCUT2D eigenvalue weighted by Gasteiger charge is 2.24. The number of thiocarbonyl (C=S) groups is 1. The Morgan fingerprint density at radius 2 is 1.83 bits per heavy atom. The van der Waals surface area contributed by atoms with Crippen molar-refractivity contribution in [3.05, 3.63) is 93.7 Å². The fraction of sp³-hybridized carbons (Fsp3) is 0.130. The van der Waals surface area contributed by atoms with E-state index < -0.39 is 0 Å². The van der Waals surface area contributed by atoms with Gasteiger partial charge in [0.05, 0.1) is 6.61 Å². The van der Waals surface area contributed by atoms with Crippen molar-refractivity contribution in [3.8, 4) is 0 Å². The minimum atomic E-state index is -0.107. The Kier molecular flexibility index (Phi) is 6.79. The molecule has 0 saturated carbocycles. The molecule has 0 bridgehead atoms. The monoisotopic (exact) mass is 469 g/mol. The molecule has 0 saturated heterocycles. The van der Waals surface area contributed by atoms with Gasteiger partial charge in [0, 0.05) is 27.4 Å². The van der Waals surface area contributed by atoms with Crippen LogP contribution in [0, 0.1) is 13.8 Å². The summed E-state index contributed by atoms with van der Waals surface area (Å²) in [5.74, 6) is 0.0415. The number of hydrogen-bond acceptors (Lipinski definition) is 3. The normalized spacial score (nSPS) is 11.7. The molecule has 0 aliphatic carbocycles. The highest BCUT2D eigenvalue weighted by molar-refractivity contribution is 9.10. The fourth-order valence-corrected chi connectivity index (χ4v) is 3.56. The summed E-state index contributed by atoms with van der Waals surface area (Å²) in [7, 11) is 0. The largest absolute Gasteiger partial charge is 0.502 e. The molecule has 2 aromatic carbocycles. The number of aryl methyl sites for hydroxylation is 2. The fourth-order valence-electron chi connectivity index (χ4n) is 2.98. The lowest BCUT2D eigenvalue weighted by atomic mass is 10.1. The number of aliphatic hydroxyl groups excluding tert-OH is 2. The van der Waals surface area contributed by atoms with Crippen molar-refractivity contribution in [3.63, 3.8) is 0 Å². The van der Waals surface area contributed by atoms with Gasteiger partial charge in [-0.05, 0) is 55.8 Å². The first kappa shape index (κ1) is 21.2. The van der Waals surface area contributed by atoms with Crippen molar-refractivity contribution in [2.75, 3.05) is 5.32 Å². The lowest BCUT2D eigenvalue weighted by Crippen LogP contribution is -2.39. The van der Waals surface area contributed by atoms with Gasteiger partial charge < -0.3 is 15.5 Å². The van der Waals surface area contributed by atoms with Crippen LogP contribution >= 0.6 is 28.1 Å². The Morgan fingerprint density at radius 3 is 2.48 bits per heavy atom. The Hall–Kier alpha value is -2.54. The van der Waals surface area contributed by atoms with Gasteiger partial charge >= 0.3 is 0 Å². The lowest BCUT2D eigenvalue weighted by Gasteiger charge is -2.13. The summed E-state index contributed by atoms with van der Waals surface area (Å²) in [5, 5.41) is 23.9. The maximum absolute atomic E-state index is 11.1. The summed E-state index contributed by atoms with van der Waals surface area (Å²) in [6.45, 7) is 3.94. The van der Waals surface area contributed by atoms with Crippen molar-refractivity contribution < 1.29 is 14.8 Å². The highest BCUT2D eigenvalue weighted by Crippen LogP contribution is 2.22. The van der Waals surface area contributed by atoms with E-state index in [9.17, 15) is 10.2 Å². The van der Waals surface area contributed by atoms with Crippen LogP contribution in [0.15, 0.2) is 71.5 Å². The Morgan fingerprint density at radius 1 is 1.10 bits per heavy atom. The number of nitrogens with zero attached hydrogens (tertiary/aromatic N) is 1. The molecular formula is C23H22BrN2O2S+. The van der Waals surface area contributed by atoms with Gasteiger partial charge in [-0.3, -0.25) is 0 Å². The van der Waals surface area contributed by atoms with Crippen LogP contribution in [0.4, 0.5) is 5.69 Å². The molecule has 0 atom stereocenters. The van der Waals surface area contributed by atoms with E-state index in [0.717, 1.165) is 21.3 Å². The smallest absolute Gasteiger partial charge is 0.288 e. The van der Waals surface area contributed by atoms with Gasteiger partial charge in [-0.25, -0.2) is 0 Å². The van der Waals surface area contributed by atoms with Crippen LogP contribution in [-0.2, 0) is 6.61 Å². The number of halogens is 1. The van der Waals surface area contributed by atoms with E-state index in [4.69, 9.17) is 12.2 Å². The van der Waals surface area contributed by atoms with E-state index in [-0.39, 0.29) is 12.4 Å². The standard InChI is InChI=1S/C23H21BrN2O2S/c1-15-5-10-20(16(2)12-15)25-23(29)21(26-11-3-4-17(13-26)14-27)22(28)18-6-8-19(24)9-7-18/h3-13,27H,14H2,1-2H3,(H-,25,28,29)/p+1. The summed E-state index contributed by atoms with van der Waals surface area (Å²) in [6, 6.07) is 17.0. The molecule has 6 heteroatoms. The molecule has 3 rings (SSSR count). The zero-order valence-electron chi connectivity index (χ0n) is 16.2. The van der Waals surface area contributed by atoms with E-state index >= 15 is 0 Å². The average molecular weight is 470 g/mol. The summed E-state index contributed by atoms with van der Waals surface area (Å²) in [4.78, 5) is 0.373. The minimum Gasteiger partial charge on any atom is -0.502 e. The zero-order chi connectivity index (χ0) is 21.0. The molecular weight excluding hydrogens is 448 g/mol. The predicted molar refractivity (Wildman–Crippen MR) is 125 cm³/mol. The van der Waals surface area contributed by atoms with Crippen molar-refractivity contribution in [2.24, 2.45) is 0 Å². The predicted octanol–water partition coefficient (Wildman–Crippen LogP) is 5.17. The van der Waals surface area contributed by atoms with E-state index in [0.29, 0.717) is 21.8 Å². The van der Waals surface area contributed by atoms with Gasteiger partial charge in [-0.15, -0.1) is 0 Å². The molecule has 0 aliphatic rings. The molecule has 148 valence electrons. The zero-order valence-corrected chi connectivity index (χ0v) is 18.6. The summed E-state index contributed by atoms with van der Waals surface area (Å²) >= 11 is 9.11. The maximum atomic E-state index is 11.1. The molecule has 3 aromatic rings. The molecule has 0 radical (unpaired) electrons. The van der Waals surface area contributed by atoms with Gasteiger partial charge in [0.15, 0.2) is 23.1 Å². The number of nitrogens with one attached hydrogen (secondary N) is 1. The molecule has 4 nitrogen and oxygen atoms in total.